The Labute approximate surface area is 185 Å². The summed E-state index contributed by atoms with van der Waals surface area (Å²) < 4.78 is 21.2. The van der Waals surface area contributed by atoms with Crippen LogP contribution < -0.4 is 0 Å². The molecule has 1 aliphatic heterocycles. The van der Waals surface area contributed by atoms with Gasteiger partial charge in [0.25, 0.3) is 0 Å². The van der Waals surface area contributed by atoms with Gasteiger partial charge in [0, 0.05) is 25.6 Å². The summed E-state index contributed by atoms with van der Waals surface area (Å²) in [5.74, 6) is -0.979. The number of amides is 2. The van der Waals surface area contributed by atoms with Crippen LogP contribution in [0.2, 0.25) is 0 Å². The van der Waals surface area contributed by atoms with E-state index in [1.807, 2.05) is 0 Å². The number of aryl methyl sites for hydroxylation is 1. The molecule has 1 fully saturated rings. The number of aromatic nitrogens is 1. The molecule has 0 aromatic carbocycles. The molecule has 0 radical (unpaired) electrons. The first-order chi connectivity index (χ1) is 15.0. The second-order valence-corrected chi connectivity index (χ2v) is 8.31. The number of ether oxygens (including phenoxy) is 1. The highest BCUT2D eigenvalue weighted by atomic mass is 19.1. The second kappa shape index (κ2) is 14.0. The molecule has 1 atom stereocenters. The number of halogens is 1. The molecule has 2 heterocycles. The van der Waals surface area contributed by atoms with E-state index in [1.165, 1.54) is 38.5 Å². The fourth-order valence-corrected chi connectivity index (χ4v) is 3.89. The van der Waals surface area contributed by atoms with Gasteiger partial charge in [-0.2, -0.15) is 0 Å². The molecule has 31 heavy (non-hydrogen) atoms. The van der Waals surface area contributed by atoms with Gasteiger partial charge >= 0.3 is 5.97 Å². The van der Waals surface area contributed by atoms with Gasteiger partial charge in [0.1, 0.15) is 18.5 Å². The van der Waals surface area contributed by atoms with Crippen LogP contribution in [0.25, 0.3) is 0 Å². The summed E-state index contributed by atoms with van der Waals surface area (Å²) in [6.07, 6.45) is 11.8. The summed E-state index contributed by atoms with van der Waals surface area (Å²) in [5.41, 5.74) is 0.360. The van der Waals surface area contributed by atoms with E-state index in [0.29, 0.717) is 25.1 Å². The first-order valence-corrected chi connectivity index (χ1v) is 11.8. The molecule has 2 amide bonds. The predicted octanol–water partition coefficient (Wildman–Crippen LogP) is 5.05. The molecule has 0 spiro atoms. The van der Waals surface area contributed by atoms with E-state index in [2.05, 4.69) is 6.92 Å². The zero-order valence-corrected chi connectivity index (χ0v) is 18.8. The van der Waals surface area contributed by atoms with Crippen molar-refractivity contribution in [1.82, 2.24) is 9.47 Å². The Hall–Kier alpha value is -2.18. The number of likely N-dealkylation sites (tertiary alicyclic amines) is 1. The van der Waals surface area contributed by atoms with Crippen molar-refractivity contribution in [3.05, 3.63) is 24.0 Å². The van der Waals surface area contributed by atoms with Crippen molar-refractivity contribution in [2.45, 2.75) is 96.7 Å². The molecule has 0 N–H and O–H groups in total. The lowest BCUT2D eigenvalue weighted by atomic mass is 10.1. The lowest BCUT2D eigenvalue weighted by Gasteiger charge is -2.14. The number of imide groups is 1. The van der Waals surface area contributed by atoms with Crippen molar-refractivity contribution >= 4 is 17.8 Å². The number of esters is 1. The van der Waals surface area contributed by atoms with Gasteiger partial charge in [-0.25, -0.2) is 9.18 Å². The molecule has 1 aliphatic rings. The Balaban J connectivity index is 1.61. The van der Waals surface area contributed by atoms with Crippen LogP contribution in [0.5, 0.6) is 0 Å². The fraction of sp³-hybridized carbons (Fsp3) is 0.708. The minimum atomic E-state index is -0.876. The SMILES string of the molecule is CCCCCCCCCCC(F)CCn1cccc1C(=O)OCCN1C(=O)CCC1=O. The molecule has 174 valence electrons. The third-order valence-corrected chi connectivity index (χ3v) is 5.80. The lowest BCUT2D eigenvalue weighted by molar-refractivity contribution is -0.138. The van der Waals surface area contributed by atoms with E-state index in [9.17, 15) is 18.8 Å². The number of carbonyl (C=O) groups is 3. The topological polar surface area (TPSA) is 68.6 Å². The van der Waals surface area contributed by atoms with Crippen LogP contribution in [0.3, 0.4) is 0 Å². The van der Waals surface area contributed by atoms with E-state index in [0.717, 1.165) is 17.7 Å². The third-order valence-electron chi connectivity index (χ3n) is 5.80. The average Bonchev–Trinajstić information content (AvgIpc) is 3.35. The van der Waals surface area contributed by atoms with Crippen molar-refractivity contribution in [2.24, 2.45) is 0 Å². The Kier molecular flexibility index (Phi) is 11.3. The first-order valence-electron chi connectivity index (χ1n) is 11.8. The largest absolute Gasteiger partial charge is 0.459 e. The average molecular weight is 437 g/mol. The fourth-order valence-electron chi connectivity index (χ4n) is 3.89. The van der Waals surface area contributed by atoms with E-state index < -0.39 is 12.1 Å². The summed E-state index contributed by atoms with van der Waals surface area (Å²) in [7, 11) is 0. The molecule has 1 aromatic rings. The maximum Gasteiger partial charge on any atom is 0.355 e. The number of unbranched alkanes of at least 4 members (excludes halogenated alkanes) is 7. The van der Waals surface area contributed by atoms with Crippen molar-refractivity contribution < 1.29 is 23.5 Å². The second-order valence-electron chi connectivity index (χ2n) is 8.31. The summed E-state index contributed by atoms with van der Waals surface area (Å²) in [5, 5.41) is 0. The third kappa shape index (κ3) is 8.83. The smallest absolute Gasteiger partial charge is 0.355 e. The normalized spacial score (nSPS) is 15.0. The summed E-state index contributed by atoms with van der Waals surface area (Å²) in [4.78, 5) is 36.6. The zero-order valence-electron chi connectivity index (χ0n) is 18.8. The number of hydrogen-bond donors (Lipinski definition) is 0. The Morgan fingerprint density at radius 3 is 2.32 bits per heavy atom. The first kappa shape index (κ1) is 25.1. The lowest BCUT2D eigenvalue weighted by Crippen LogP contribution is -2.33. The highest BCUT2D eigenvalue weighted by molar-refractivity contribution is 6.01. The van der Waals surface area contributed by atoms with Gasteiger partial charge in [0.2, 0.25) is 11.8 Å². The molecular weight excluding hydrogens is 399 g/mol. The Morgan fingerprint density at radius 1 is 1.00 bits per heavy atom. The predicted molar refractivity (Wildman–Crippen MR) is 117 cm³/mol. The molecular formula is C24H37FN2O4. The minimum Gasteiger partial charge on any atom is -0.459 e. The molecule has 0 saturated carbocycles. The Morgan fingerprint density at radius 2 is 1.65 bits per heavy atom. The minimum absolute atomic E-state index is 0.0360. The van der Waals surface area contributed by atoms with Gasteiger partial charge in [0.15, 0.2) is 0 Å². The number of carbonyl (C=O) groups excluding carboxylic acids is 3. The van der Waals surface area contributed by atoms with Crippen molar-refractivity contribution in [3.8, 4) is 0 Å². The van der Waals surface area contributed by atoms with E-state index >= 15 is 0 Å². The molecule has 7 heteroatoms. The molecule has 1 saturated heterocycles. The van der Waals surface area contributed by atoms with Crippen molar-refractivity contribution in [2.75, 3.05) is 13.2 Å². The van der Waals surface area contributed by atoms with Gasteiger partial charge in [-0.3, -0.25) is 14.5 Å². The number of alkyl halides is 1. The monoisotopic (exact) mass is 436 g/mol. The van der Waals surface area contributed by atoms with Crippen LogP contribution in [0.15, 0.2) is 18.3 Å². The molecule has 0 bridgehead atoms. The summed E-state index contributed by atoms with van der Waals surface area (Å²) in [6.45, 7) is 2.67. The molecule has 0 aliphatic carbocycles. The molecule has 1 unspecified atom stereocenters. The van der Waals surface area contributed by atoms with Gasteiger partial charge in [-0.1, -0.05) is 58.3 Å². The Bertz CT molecular complexity index is 688. The maximum atomic E-state index is 14.3. The van der Waals surface area contributed by atoms with Crippen LogP contribution in [-0.2, 0) is 20.9 Å². The van der Waals surface area contributed by atoms with Gasteiger partial charge in [-0.15, -0.1) is 0 Å². The van der Waals surface area contributed by atoms with Crippen LogP contribution in [0.1, 0.15) is 94.5 Å². The number of nitrogens with zero attached hydrogens (tertiary/aromatic N) is 2. The standard InChI is InChI=1S/C24H37FN2O4/c1-2-3-4-5-6-7-8-9-11-20(25)15-17-26-16-10-12-21(26)24(30)31-19-18-27-22(28)13-14-23(27)29/h10,12,16,20H,2-9,11,13-15,17-19H2,1H3. The molecule has 6 nitrogen and oxygen atoms in total. The van der Waals surface area contributed by atoms with Gasteiger partial charge in [0.05, 0.1) is 6.54 Å². The maximum absolute atomic E-state index is 14.3. The van der Waals surface area contributed by atoms with E-state index in [4.69, 9.17) is 4.74 Å². The summed E-state index contributed by atoms with van der Waals surface area (Å²) >= 11 is 0. The van der Waals surface area contributed by atoms with Gasteiger partial charge in [-0.05, 0) is 25.0 Å². The highest BCUT2D eigenvalue weighted by Gasteiger charge is 2.28. The van der Waals surface area contributed by atoms with Crippen molar-refractivity contribution in [1.29, 1.82) is 0 Å². The van der Waals surface area contributed by atoms with Crippen molar-refractivity contribution in [3.63, 3.8) is 0 Å². The molecule has 2 rings (SSSR count). The quantitative estimate of drug-likeness (QED) is 0.206. The highest BCUT2D eigenvalue weighted by Crippen LogP contribution is 2.16. The van der Waals surface area contributed by atoms with E-state index in [1.54, 1.807) is 22.9 Å². The molecule has 1 aromatic heterocycles. The zero-order chi connectivity index (χ0) is 22.5. The van der Waals surface area contributed by atoms with Gasteiger partial charge < -0.3 is 9.30 Å². The summed E-state index contributed by atoms with van der Waals surface area (Å²) in [6, 6.07) is 3.37. The van der Waals surface area contributed by atoms with Crippen LogP contribution in [0.4, 0.5) is 4.39 Å². The van der Waals surface area contributed by atoms with E-state index in [-0.39, 0.29) is 37.8 Å². The number of hydrogen-bond acceptors (Lipinski definition) is 4. The van der Waals surface area contributed by atoms with Crippen LogP contribution in [-0.4, -0.2) is 46.6 Å². The number of rotatable bonds is 16. The van der Waals surface area contributed by atoms with Crippen LogP contribution >= 0.6 is 0 Å². The van der Waals surface area contributed by atoms with Crippen LogP contribution in [0, 0.1) is 0 Å².